The molecule has 0 radical (unpaired) electrons. The normalized spacial score (nSPS) is 12.7. The van der Waals surface area contributed by atoms with Crippen LogP contribution in [0, 0.1) is 11.6 Å². The number of nitrogens with one attached hydrogen (secondary N) is 1. The van der Waals surface area contributed by atoms with Crippen molar-refractivity contribution in [3.05, 3.63) is 53.0 Å². The van der Waals surface area contributed by atoms with Gasteiger partial charge in [-0.05, 0) is 73.0 Å². The van der Waals surface area contributed by atoms with Crippen LogP contribution in [0.5, 0.6) is 0 Å². The topological polar surface area (TPSA) is 12.0 Å². The largest absolute Gasteiger partial charge is 0.308 e. The molecule has 1 heterocycles. The Hall–Kier alpha value is 0.180. The second kappa shape index (κ2) is 6.30. The second-order valence-electron chi connectivity index (χ2n) is 3.75. The minimum Gasteiger partial charge on any atom is -0.308 e. The molecule has 0 saturated heterocycles. The van der Waals surface area contributed by atoms with Gasteiger partial charge in [0.15, 0.2) is 0 Å². The van der Waals surface area contributed by atoms with Crippen LogP contribution < -0.4 is 5.32 Å². The molecule has 0 amide bonds. The monoisotopic (exact) mass is 473 g/mol. The van der Waals surface area contributed by atoms with Crippen LogP contribution in [0.4, 0.5) is 8.78 Å². The van der Waals surface area contributed by atoms with Crippen molar-refractivity contribution in [3.8, 4) is 0 Å². The summed E-state index contributed by atoms with van der Waals surface area (Å²) in [6, 6.07) is 3.92. The first-order valence-corrected chi connectivity index (χ1v) is 8.40. The van der Waals surface area contributed by atoms with E-state index in [1.165, 1.54) is 23.5 Å². The lowest BCUT2D eigenvalue weighted by molar-refractivity contribution is 0.521. The predicted molar refractivity (Wildman–Crippen MR) is 84.7 cm³/mol. The molecule has 1 aromatic heterocycles. The van der Waals surface area contributed by atoms with Crippen LogP contribution in [-0.2, 0) is 0 Å². The maximum absolute atomic E-state index is 14.1. The number of hydrogen-bond acceptors (Lipinski definition) is 2. The van der Waals surface area contributed by atoms with Crippen LogP contribution in [0.25, 0.3) is 0 Å². The van der Waals surface area contributed by atoms with Crippen molar-refractivity contribution >= 4 is 59.1 Å². The van der Waals surface area contributed by atoms with E-state index in [0.29, 0.717) is 0 Å². The Balaban J connectivity index is 2.57. The van der Waals surface area contributed by atoms with Gasteiger partial charge in [0, 0.05) is 14.9 Å². The van der Waals surface area contributed by atoms with E-state index in [2.05, 4.69) is 53.1 Å². The van der Waals surface area contributed by atoms with E-state index >= 15 is 0 Å². The average molecular weight is 476 g/mol. The molecule has 102 valence electrons. The Morgan fingerprint density at radius 3 is 2.37 bits per heavy atom. The predicted octanol–water partition coefficient (Wildman–Crippen LogP) is 5.62. The van der Waals surface area contributed by atoms with E-state index in [-0.39, 0.29) is 10.0 Å². The highest BCUT2D eigenvalue weighted by Gasteiger charge is 2.24. The fourth-order valence-corrected chi connectivity index (χ4v) is 4.30. The average Bonchev–Trinajstić information content (AvgIpc) is 2.70. The van der Waals surface area contributed by atoms with Gasteiger partial charge in [0.1, 0.15) is 11.6 Å². The molecule has 1 N–H and O–H groups in total. The highest BCUT2D eigenvalue weighted by molar-refractivity contribution is 9.13. The molecular formula is C12H8Br3F2NS. The van der Waals surface area contributed by atoms with Gasteiger partial charge in [-0.25, -0.2) is 8.78 Å². The lowest BCUT2D eigenvalue weighted by Gasteiger charge is -2.17. The first kappa shape index (κ1) is 15.6. The van der Waals surface area contributed by atoms with Gasteiger partial charge in [-0.15, -0.1) is 11.3 Å². The molecule has 2 rings (SSSR count). The molecule has 0 fully saturated rings. The number of halogens is 5. The lowest BCUT2D eigenvalue weighted by Crippen LogP contribution is -2.19. The lowest BCUT2D eigenvalue weighted by atomic mass is 10.0. The van der Waals surface area contributed by atoms with Gasteiger partial charge in [0.2, 0.25) is 0 Å². The van der Waals surface area contributed by atoms with E-state index in [1.807, 2.05) is 6.07 Å². The minimum absolute atomic E-state index is 0.0122. The molecule has 0 aliphatic rings. The Bertz CT molecular complexity index is 596. The third kappa shape index (κ3) is 3.10. The standard InChI is InChI=1S/C12H8Br3F2NS/c1-18-11(8-4-6(14)12(15)19-8)9-7(16)3-2-5(13)10(9)17/h2-4,11,18H,1H3. The zero-order valence-corrected chi connectivity index (χ0v) is 15.2. The van der Waals surface area contributed by atoms with Crippen LogP contribution >= 0.6 is 59.1 Å². The van der Waals surface area contributed by atoms with Crippen LogP contribution in [0.15, 0.2) is 30.9 Å². The molecule has 1 aromatic carbocycles. The summed E-state index contributed by atoms with van der Waals surface area (Å²) in [5.74, 6) is -1.15. The molecule has 0 saturated carbocycles. The Kier molecular flexibility index (Phi) is 5.16. The highest BCUT2D eigenvalue weighted by Crippen LogP contribution is 2.39. The van der Waals surface area contributed by atoms with Crippen molar-refractivity contribution in [2.75, 3.05) is 7.05 Å². The third-order valence-corrected chi connectivity index (χ3v) is 6.54. The quantitative estimate of drug-likeness (QED) is 0.568. The molecule has 1 nitrogen and oxygen atoms in total. The van der Waals surface area contributed by atoms with Crippen LogP contribution in [0.1, 0.15) is 16.5 Å². The van der Waals surface area contributed by atoms with Crippen molar-refractivity contribution in [1.29, 1.82) is 0 Å². The molecule has 19 heavy (non-hydrogen) atoms. The van der Waals surface area contributed by atoms with Gasteiger partial charge in [0.05, 0.1) is 14.3 Å². The molecule has 0 bridgehead atoms. The Morgan fingerprint density at radius 1 is 1.16 bits per heavy atom. The van der Waals surface area contributed by atoms with Crippen molar-refractivity contribution in [1.82, 2.24) is 5.32 Å². The van der Waals surface area contributed by atoms with Crippen molar-refractivity contribution in [3.63, 3.8) is 0 Å². The van der Waals surface area contributed by atoms with E-state index < -0.39 is 17.7 Å². The molecule has 0 spiro atoms. The maximum Gasteiger partial charge on any atom is 0.145 e. The van der Waals surface area contributed by atoms with Crippen molar-refractivity contribution in [2.24, 2.45) is 0 Å². The highest BCUT2D eigenvalue weighted by atomic mass is 79.9. The van der Waals surface area contributed by atoms with Crippen molar-refractivity contribution < 1.29 is 8.78 Å². The summed E-state index contributed by atoms with van der Waals surface area (Å²) in [6.07, 6.45) is 0. The number of thiophene rings is 1. The zero-order chi connectivity index (χ0) is 14.2. The smallest absolute Gasteiger partial charge is 0.145 e. The van der Waals surface area contributed by atoms with Gasteiger partial charge in [-0.1, -0.05) is 0 Å². The summed E-state index contributed by atoms with van der Waals surface area (Å²) in [7, 11) is 1.67. The van der Waals surface area contributed by atoms with Gasteiger partial charge in [-0.2, -0.15) is 0 Å². The fraction of sp³-hybridized carbons (Fsp3) is 0.167. The summed E-state index contributed by atoms with van der Waals surface area (Å²) in [6.45, 7) is 0. The first-order chi connectivity index (χ1) is 8.95. The van der Waals surface area contributed by atoms with Crippen LogP contribution in [0.2, 0.25) is 0 Å². The minimum atomic E-state index is -0.583. The van der Waals surface area contributed by atoms with Gasteiger partial charge in [-0.3, -0.25) is 0 Å². The second-order valence-corrected chi connectivity index (χ2v) is 7.86. The maximum atomic E-state index is 14.1. The summed E-state index contributed by atoms with van der Waals surface area (Å²) in [4.78, 5) is 0.817. The van der Waals surface area contributed by atoms with E-state index in [1.54, 1.807) is 7.05 Å². The zero-order valence-electron chi connectivity index (χ0n) is 9.61. The molecule has 0 aliphatic carbocycles. The first-order valence-electron chi connectivity index (χ1n) is 5.21. The van der Waals surface area contributed by atoms with Gasteiger partial charge < -0.3 is 5.32 Å². The van der Waals surface area contributed by atoms with Gasteiger partial charge >= 0.3 is 0 Å². The van der Waals surface area contributed by atoms with Crippen LogP contribution in [-0.4, -0.2) is 7.05 Å². The molecule has 1 atom stereocenters. The molecule has 0 aliphatic heterocycles. The Morgan fingerprint density at radius 2 is 1.84 bits per heavy atom. The third-order valence-electron chi connectivity index (χ3n) is 2.61. The molecule has 7 heteroatoms. The molecule has 1 unspecified atom stereocenters. The number of rotatable bonds is 3. The summed E-state index contributed by atoms with van der Waals surface area (Å²) in [5.41, 5.74) is 0.0122. The SMILES string of the molecule is CNC(c1cc(Br)c(Br)s1)c1c(F)ccc(Br)c1F. The number of hydrogen-bond donors (Lipinski definition) is 1. The van der Waals surface area contributed by atoms with Gasteiger partial charge in [0.25, 0.3) is 0 Å². The molecule has 2 aromatic rings. The van der Waals surface area contributed by atoms with E-state index in [9.17, 15) is 8.78 Å². The van der Waals surface area contributed by atoms with Crippen molar-refractivity contribution in [2.45, 2.75) is 6.04 Å². The van der Waals surface area contributed by atoms with E-state index in [0.717, 1.165) is 13.1 Å². The summed E-state index contributed by atoms with van der Waals surface area (Å²) in [5, 5.41) is 2.95. The van der Waals surface area contributed by atoms with E-state index in [4.69, 9.17) is 0 Å². The van der Waals surface area contributed by atoms with Crippen LogP contribution in [0.3, 0.4) is 0 Å². The fourth-order valence-electron chi connectivity index (χ4n) is 1.74. The summed E-state index contributed by atoms with van der Waals surface area (Å²) < 4.78 is 30.1. The number of benzene rings is 1. The molecular weight excluding hydrogens is 468 g/mol. The Labute approximate surface area is 138 Å². The summed E-state index contributed by atoms with van der Waals surface area (Å²) >= 11 is 11.3.